The molecule has 1 aromatic heterocycles. The SMILES string of the molecule is Cc1ccc(-n2c(O)c(N=O)sc2=S)cc1. The molecule has 82 valence electrons. The number of nitroso groups, excluding NO2 is 1. The summed E-state index contributed by atoms with van der Waals surface area (Å²) in [4.78, 5) is 10.4. The number of hydrogen-bond acceptors (Lipinski definition) is 5. The van der Waals surface area contributed by atoms with Crippen LogP contribution >= 0.6 is 23.6 Å². The lowest BCUT2D eigenvalue weighted by Gasteiger charge is -2.04. The van der Waals surface area contributed by atoms with Gasteiger partial charge in [0.15, 0.2) is 3.95 Å². The van der Waals surface area contributed by atoms with Crippen LogP contribution in [-0.4, -0.2) is 9.67 Å². The first-order chi connectivity index (χ1) is 7.63. The number of aromatic hydroxyl groups is 1. The zero-order valence-electron chi connectivity index (χ0n) is 8.38. The van der Waals surface area contributed by atoms with Crippen molar-refractivity contribution in [3.8, 4) is 11.6 Å². The summed E-state index contributed by atoms with van der Waals surface area (Å²) in [6, 6.07) is 7.46. The molecule has 1 N–H and O–H groups in total. The molecule has 4 nitrogen and oxygen atoms in total. The van der Waals surface area contributed by atoms with Gasteiger partial charge in [0.1, 0.15) is 0 Å². The quantitative estimate of drug-likeness (QED) is 0.655. The van der Waals surface area contributed by atoms with Crippen molar-refractivity contribution in [3.63, 3.8) is 0 Å². The summed E-state index contributed by atoms with van der Waals surface area (Å²) in [5.74, 6) is -0.200. The lowest BCUT2D eigenvalue weighted by Crippen LogP contribution is -1.92. The summed E-state index contributed by atoms with van der Waals surface area (Å²) in [5.41, 5.74) is 1.83. The fourth-order valence-electron chi connectivity index (χ4n) is 1.34. The van der Waals surface area contributed by atoms with Crippen LogP contribution < -0.4 is 0 Å². The van der Waals surface area contributed by atoms with Crippen LogP contribution in [-0.2, 0) is 0 Å². The summed E-state index contributed by atoms with van der Waals surface area (Å²) in [5, 5.41) is 12.5. The van der Waals surface area contributed by atoms with Crippen molar-refractivity contribution in [2.75, 3.05) is 0 Å². The molecule has 0 bridgehead atoms. The van der Waals surface area contributed by atoms with Crippen LogP contribution in [0.1, 0.15) is 5.56 Å². The first kappa shape index (κ1) is 11.0. The smallest absolute Gasteiger partial charge is 0.238 e. The van der Waals surface area contributed by atoms with E-state index < -0.39 is 0 Å². The van der Waals surface area contributed by atoms with Crippen LogP contribution in [0.2, 0.25) is 0 Å². The van der Waals surface area contributed by atoms with Crippen molar-refractivity contribution in [1.82, 2.24) is 4.57 Å². The van der Waals surface area contributed by atoms with Gasteiger partial charge in [-0.15, -0.1) is 4.91 Å². The highest BCUT2D eigenvalue weighted by atomic mass is 32.1. The van der Waals surface area contributed by atoms with Gasteiger partial charge in [-0.3, -0.25) is 4.57 Å². The Morgan fingerprint density at radius 3 is 2.50 bits per heavy atom. The Kier molecular flexibility index (Phi) is 2.84. The maximum Gasteiger partial charge on any atom is 0.238 e. The van der Waals surface area contributed by atoms with Crippen molar-refractivity contribution in [3.05, 3.63) is 38.7 Å². The fourth-order valence-corrected chi connectivity index (χ4v) is 2.43. The summed E-state index contributed by atoms with van der Waals surface area (Å²) in [6.45, 7) is 1.97. The Morgan fingerprint density at radius 2 is 2.00 bits per heavy atom. The van der Waals surface area contributed by atoms with Gasteiger partial charge in [0.2, 0.25) is 10.9 Å². The van der Waals surface area contributed by atoms with E-state index in [2.05, 4.69) is 5.18 Å². The highest BCUT2D eigenvalue weighted by Crippen LogP contribution is 2.36. The Hall–Kier alpha value is -1.53. The molecule has 0 saturated carbocycles. The maximum absolute atomic E-state index is 10.4. The van der Waals surface area contributed by atoms with Crippen LogP contribution in [0.5, 0.6) is 5.88 Å². The molecule has 0 aliphatic carbocycles. The highest BCUT2D eigenvalue weighted by Gasteiger charge is 2.13. The van der Waals surface area contributed by atoms with E-state index in [0.717, 1.165) is 22.6 Å². The number of rotatable bonds is 2. The number of benzene rings is 1. The summed E-state index contributed by atoms with van der Waals surface area (Å²) >= 11 is 6.05. The van der Waals surface area contributed by atoms with Gasteiger partial charge < -0.3 is 5.11 Å². The van der Waals surface area contributed by atoms with E-state index in [1.54, 1.807) is 0 Å². The molecule has 0 unspecified atom stereocenters. The molecule has 1 heterocycles. The lowest BCUT2D eigenvalue weighted by molar-refractivity contribution is 0.443. The Balaban J connectivity index is 2.64. The second kappa shape index (κ2) is 4.15. The molecule has 0 saturated heterocycles. The predicted octanol–water partition coefficient (Wildman–Crippen LogP) is 3.68. The van der Waals surface area contributed by atoms with Crippen LogP contribution in [0.3, 0.4) is 0 Å². The number of aromatic nitrogens is 1. The largest absolute Gasteiger partial charge is 0.492 e. The standard InChI is InChI=1S/C10H8N2O2S2/c1-6-2-4-7(5-3-6)12-9(13)8(11-14)16-10(12)15/h2-5,13H,1H3. The second-order valence-electron chi connectivity index (χ2n) is 3.26. The number of aryl methyl sites for hydroxylation is 1. The van der Waals surface area contributed by atoms with Crippen LogP contribution in [0.25, 0.3) is 5.69 Å². The molecule has 16 heavy (non-hydrogen) atoms. The van der Waals surface area contributed by atoms with Gasteiger partial charge in [0, 0.05) is 0 Å². The topological polar surface area (TPSA) is 54.6 Å². The van der Waals surface area contributed by atoms with Crippen molar-refractivity contribution in [2.45, 2.75) is 6.92 Å². The van der Waals surface area contributed by atoms with E-state index in [1.165, 1.54) is 4.57 Å². The van der Waals surface area contributed by atoms with Crippen molar-refractivity contribution >= 4 is 28.6 Å². The molecular weight excluding hydrogens is 244 g/mol. The minimum atomic E-state index is -0.200. The zero-order valence-corrected chi connectivity index (χ0v) is 10.0. The van der Waals surface area contributed by atoms with Gasteiger partial charge in [-0.05, 0) is 36.5 Å². The Bertz CT molecular complexity index is 584. The minimum Gasteiger partial charge on any atom is -0.492 e. The van der Waals surface area contributed by atoms with Gasteiger partial charge in [0.25, 0.3) is 0 Å². The maximum atomic E-state index is 10.4. The zero-order chi connectivity index (χ0) is 11.7. The number of thiazole rings is 1. The van der Waals surface area contributed by atoms with Crippen LogP contribution in [0, 0.1) is 15.8 Å². The van der Waals surface area contributed by atoms with E-state index in [-0.39, 0.29) is 10.9 Å². The minimum absolute atomic E-state index is 0.00516. The average molecular weight is 252 g/mol. The Morgan fingerprint density at radius 1 is 1.38 bits per heavy atom. The van der Waals surface area contributed by atoms with E-state index in [0.29, 0.717) is 3.95 Å². The monoisotopic (exact) mass is 252 g/mol. The average Bonchev–Trinajstić information content (AvgIpc) is 2.56. The summed E-state index contributed by atoms with van der Waals surface area (Å²) in [6.07, 6.45) is 0. The van der Waals surface area contributed by atoms with Crippen LogP contribution in [0.15, 0.2) is 29.4 Å². The van der Waals surface area contributed by atoms with Crippen LogP contribution in [0.4, 0.5) is 5.00 Å². The van der Waals surface area contributed by atoms with Crippen molar-refractivity contribution in [1.29, 1.82) is 0 Å². The Labute approximate surface area is 101 Å². The van der Waals surface area contributed by atoms with Gasteiger partial charge in [-0.1, -0.05) is 29.0 Å². The molecule has 6 heteroatoms. The van der Waals surface area contributed by atoms with E-state index in [4.69, 9.17) is 12.2 Å². The third-order valence-electron chi connectivity index (χ3n) is 2.14. The molecule has 0 amide bonds. The molecule has 2 aromatic rings. The molecule has 0 fully saturated rings. The summed E-state index contributed by atoms with van der Waals surface area (Å²) < 4.78 is 1.83. The molecular formula is C10H8N2O2S2. The van der Waals surface area contributed by atoms with Gasteiger partial charge in [-0.2, -0.15) is 0 Å². The first-order valence-corrected chi connectivity index (χ1v) is 5.71. The lowest BCUT2D eigenvalue weighted by atomic mass is 10.2. The second-order valence-corrected chi connectivity index (χ2v) is 4.88. The van der Waals surface area contributed by atoms with E-state index in [1.807, 2.05) is 31.2 Å². The first-order valence-electron chi connectivity index (χ1n) is 4.48. The highest BCUT2D eigenvalue weighted by molar-refractivity contribution is 7.73. The molecule has 0 aliphatic rings. The summed E-state index contributed by atoms with van der Waals surface area (Å²) in [7, 11) is 0. The van der Waals surface area contributed by atoms with Gasteiger partial charge in [-0.25, -0.2) is 0 Å². The van der Waals surface area contributed by atoms with Crippen molar-refractivity contribution < 1.29 is 5.11 Å². The third-order valence-corrected chi connectivity index (χ3v) is 3.38. The fraction of sp³-hybridized carbons (Fsp3) is 0.100. The van der Waals surface area contributed by atoms with Crippen molar-refractivity contribution in [2.24, 2.45) is 5.18 Å². The molecule has 1 aromatic carbocycles. The van der Waals surface area contributed by atoms with E-state index >= 15 is 0 Å². The number of nitrogens with zero attached hydrogens (tertiary/aromatic N) is 2. The predicted molar refractivity (Wildman–Crippen MR) is 66.3 cm³/mol. The van der Waals surface area contributed by atoms with Gasteiger partial charge in [0.05, 0.1) is 5.69 Å². The van der Waals surface area contributed by atoms with Gasteiger partial charge >= 0.3 is 0 Å². The normalized spacial score (nSPS) is 10.3. The molecule has 0 atom stereocenters. The third kappa shape index (κ3) is 1.77. The molecule has 2 rings (SSSR count). The molecule has 0 spiro atoms. The molecule has 0 aliphatic heterocycles. The molecule has 0 radical (unpaired) electrons. The number of hydrogen-bond donors (Lipinski definition) is 1. The van der Waals surface area contributed by atoms with E-state index in [9.17, 15) is 10.0 Å².